The zero-order valence-corrected chi connectivity index (χ0v) is 10.9. The lowest BCUT2D eigenvalue weighted by atomic mass is 10.3. The Morgan fingerprint density at radius 1 is 1.35 bits per heavy atom. The lowest BCUT2D eigenvalue weighted by molar-refractivity contribution is 0.269. The summed E-state index contributed by atoms with van der Waals surface area (Å²) >= 11 is 0. The molecule has 0 fully saturated rings. The smallest absolute Gasteiger partial charge is 0.264 e. The Morgan fingerprint density at radius 3 is 2.75 bits per heavy atom. The summed E-state index contributed by atoms with van der Waals surface area (Å²) < 4.78 is 53.5. The first-order valence-electron chi connectivity index (χ1n) is 5.53. The second kappa shape index (κ2) is 5.55. The molecule has 0 saturated heterocycles. The number of aliphatic hydroxyl groups excluding tert-OH is 1. The number of halogens is 2. The molecule has 1 aromatic carbocycles. The maximum Gasteiger partial charge on any atom is 0.264 e. The summed E-state index contributed by atoms with van der Waals surface area (Å²) in [7, 11) is -4.17. The van der Waals surface area contributed by atoms with Crippen LogP contribution >= 0.6 is 0 Å². The average molecular weight is 303 g/mol. The summed E-state index contributed by atoms with van der Waals surface area (Å²) in [6, 6.07) is 2.18. The van der Waals surface area contributed by atoms with Crippen LogP contribution in [0.4, 0.5) is 14.5 Å². The number of sulfonamides is 1. The van der Waals surface area contributed by atoms with Gasteiger partial charge in [-0.15, -0.1) is 0 Å². The van der Waals surface area contributed by atoms with Gasteiger partial charge in [0.25, 0.3) is 10.0 Å². The van der Waals surface area contributed by atoms with Crippen LogP contribution in [0.2, 0.25) is 0 Å². The van der Waals surface area contributed by atoms with E-state index in [1.165, 1.54) is 17.1 Å². The highest BCUT2D eigenvalue weighted by molar-refractivity contribution is 7.92. The van der Waals surface area contributed by atoms with Crippen LogP contribution < -0.4 is 4.72 Å². The minimum absolute atomic E-state index is 0.113. The van der Waals surface area contributed by atoms with Crippen molar-refractivity contribution in [1.29, 1.82) is 0 Å². The van der Waals surface area contributed by atoms with E-state index in [4.69, 9.17) is 5.11 Å². The van der Waals surface area contributed by atoms with Crippen molar-refractivity contribution in [3.8, 4) is 0 Å². The van der Waals surface area contributed by atoms with E-state index in [0.29, 0.717) is 6.07 Å². The van der Waals surface area contributed by atoms with Crippen LogP contribution in [0.3, 0.4) is 0 Å². The van der Waals surface area contributed by atoms with Crippen LogP contribution in [0.15, 0.2) is 35.5 Å². The minimum Gasteiger partial charge on any atom is -0.394 e. The van der Waals surface area contributed by atoms with E-state index in [9.17, 15) is 17.2 Å². The summed E-state index contributed by atoms with van der Waals surface area (Å²) in [6.07, 6.45) is 2.56. The molecule has 0 aliphatic carbocycles. The number of hydrogen-bond donors (Lipinski definition) is 2. The van der Waals surface area contributed by atoms with Gasteiger partial charge in [-0.05, 0) is 12.1 Å². The predicted molar refractivity (Wildman–Crippen MR) is 66.5 cm³/mol. The quantitative estimate of drug-likeness (QED) is 0.861. The minimum atomic E-state index is -4.17. The maximum atomic E-state index is 13.5. The molecule has 108 valence electrons. The molecule has 0 atom stereocenters. The van der Waals surface area contributed by atoms with E-state index < -0.39 is 26.6 Å². The van der Waals surface area contributed by atoms with Crippen molar-refractivity contribution in [2.75, 3.05) is 11.3 Å². The van der Waals surface area contributed by atoms with Crippen LogP contribution in [-0.2, 0) is 16.6 Å². The Balaban J connectivity index is 2.26. The lowest BCUT2D eigenvalue weighted by Crippen LogP contribution is -2.14. The van der Waals surface area contributed by atoms with Gasteiger partial charge in [-0.1, -0.05) is 0 Å². The van der Waals surface area contributed by atoms with E-state index in [0.717, 1.165) is 12.1 Å². The normalized spacial score (nSPS) is 11.6. The third kappa shape index (κ3) is 3.11. The Kier molecular flexibility index (Phi) is 4.00. The Morgan fingerprint density at radius 2 is 2.10 bits per heavy atom. The monoisotopic (exact) mass is 303 g/mol. The molecule has 2 N–H and O–H groups in total. The Hall–Kier alpha value is -2.00. The van der Waals surface area contributed by atoms with Gasteiger partial charge in [0, 0.05) is 12.3 Å². The summed E-state index contributed by atoms with van der Waals surface area (Å²) in [5.41, 5.74) is 0.113. The fraction of sp³-hybridized carbons (Fsp3) is 0.182. The molecule has 0 aliphatic heterocycles. The highest BCUT2D eigenvalue weighted by Crippen LogP contribution is 2.19. The number of aromatic nitrogens is 2. The molecule has 0 amide bonds. The van der Waals surface area contributed by atoms with Gasteiger partial charge in [0.05, 0.1) is 25.0 Å². The van der Waals surface area contributed by atoms with Gasteiger partial charge >= 0.3 is 0 Å². The van der Waals surface area contributed by atoms with Crippen LogP contribution in [0.25, 0.3) is 0 Å². The predicted octanol–water partition coefficient (Wildman–Crippen LogP) is 0.954. The van der Waals surface area contributed by atoms with Gasteiger partial charge in [0.1, 0.15) is 16.5 Å². The van der Waals surface area contributed by atoms with E-state index in [-0.39, 0.29) is 18.8 Å². The third-order valence-electron chi connectivity index (χ3n) is 2.40. The number of nitrogens with one attached hydrogen (secondary N) is 1. The molecule has 9 heteroatoms. The zero-order valence-electron chi connectivity index (χ0n) is 10.1. The first-order chi connectivity index (χ1) is 9.42. The van der Waals surface area contributed by atoms with E-state index in [1.807, 2.05) is 0 Å². The number of aliphatic hydroxyl groups is 1. The number of benzene rings is 1. The van der Waals surface area contributed by atoms with E-state index in [2.05, 4.69) is 9.82 Å². The second-order valence-corrected chi connectivity index (χ2v) is 5.55. The van der Waals surface area contributed by atoms with E-state index >= 15 is 0 Å². The molecule has 2 aromatic rings. The molecule has 0 spiro atoms. The summed E-state index contributed by atoms with van der Waals surface area (Å²) in [6.45, 7) is 0.0487. The number of hydrogen-bond acceptors (Lipinski definition) is 4. The Labute approximate surface area is 113 Å². The third-order valence-corrected chi connectivity index (χ3v) is 3.81. The SMILES string of the molecule is O=S(=O)(Nc1cnn(CCO)c1)c1ccc(F)cc1F. The highest BCUT2D eigenvalue weighted by Gasteiger charge is 2.20. The average Bonchev–Trinajstić information content (AvgIpc) is 2.75. The molecule has 1 aromatic heterocycles. The van der Waals surface area contributed by atoms with Crippen molar-refractivity contribution in [2.24, 2.45) is 0 Å². The van der Waals surface area contributed by atoms with Crippen LogP contribution in [0.1, 0.15) is 0 Å². The van der Waals surface area contributed by atoms with Crippen molar-refractivity contribution in [1.82, 2.24) is 9.78 Å². The summed E-state index contributed by atoms with van der Waals surface area (Å²) in [5.74, 6) is -2.04. The van der Waals surface area contributed by atoms with Crippen molar-refractivity contribution < 1.29 is 22.3 Å². The largest absolute Gasteiger partial charge is 0.394 e. The van der Waals surface area contributed by atoms with Gasteiger partial charge in [-0.2, -0.15) is 5.10 Å². The second-order valence-electron chi connectivity index (χ2n) is 3.90. The zero-order chi connectivity index (χ0) is 14.8. The number of rotatable bonds is 5. The van der Waals surface area contributed by atoms with Crippen molar-refractivity contribution in [3.05, 3.63) is 42.2 Å². The molecule has 1 heterocycles. The Bertz CT molecular complexity index is 715. The molecule has 0 saturated carbocycles. The molecule has 0 aliphatic rings. The standard InChI is InChI=1S/C11H11F2N3O3S/c12-8-1-2-11(10(13)5-8)20(18,19)15-9-6-14-16(7-9)3-4-17/h1-2,5-7,15,17H,3-4H2. The fourth-order valence-corrected chi connectivity index (χ4v) is 2.63. The topological polar surface area (TPSA) is 84.2 Å². The van der Waals surface area contributed by atoms with Crippen molar-refractivity contribution in [2.45, 2.75) is 11.4 Å². The van der Waals surface area contributed by atoms with Gasteiger partial charge in [0.15, 0.2) is 0 Å². The highest BCUT2D eigenvalue weighted by atomic mass is 32.2. The molecular formula is C11H11F2N3O3S. The van der Waals surface area contributed by atoms with Gasteiger partial charge in [-0.3, -0.25) is 9.40 Å². The van der Waals surface area contributed by atoms with E-state index in [1.54, 1.807) is 0 Å². The first-order valence-corrected chi connectivity index (χ1v) is 7.02. The van der Waals surface area contributed by atoms with Gasteiger partial charge in [0.2, 0.25) is 0 Å². The number of anilines is 1. The molecular weight excluding hydrogens is 292 g/mol. The van der Waals surface area contributed by atoms with Crippen LogP contribution in [0.5, 0.6) is 0 Å². The van der Waals surface area contributed by atoms with Gasteiger partial charge in [-0.25, -0.2) is 17.2 Å². The molecule has 0 bridgehead atoms. The number of nitrogens with zero attached hydrogens (tertiary/aromatic N) is 2. The summed E-state index contributed by atoms with van der Waals surface area (Å²) in [5, 5.41) is 12.5. The molecule has 20 heavy (non-hydrogen) atoms. The van der Waals surface area contributed by atoms with Crippen LogP contribution in [0, 0.1) is 11.6 Å². The first kappa shape index (κ1) is 14.4. The van der Waals surface area contributed by atoms with Crippen LogP contribution in [-0.4, -0.2) is 29.9 Å². The molecule has 0 unspecified atom stereocenters. The lowest BCUT2D eigenvalue weighted by Gasteiger charge is -2.06. The van der Waals surface area contributed by atoms with Crippen molar-refractivity contribution >= 4 is 15.7 Å². The van der Waals surface area contributed by atoms with Gasteiger partial charge < -0.3 is 5.11 Å². The molecule has 0 radical (unpaired) electrons. The fourth-order valence-electron chi connectivity index (χ4n) is 1.54. The molecule has 2 rings (SSSR count). The molecule has 6 nitrogen and oxygen atoms in total. The maximum absolute atomic E-state index is 13.5. The van der Waals surface area contributed by atoms with Crippen molar-refractivity contribution in [3.63, 3.8) is 0 Å². The summed E-state index contributed by atoms with van der Waals surface area (Å²) in [4.78, 5) is -0.659.